The van der Waals surface area contributed by atoms with Crippen LogP contribution in [-0.2, 0) is 0 Å². The van der Waals surface area contributed by atoms with Crippen LogP contribution in [0.4, 0.5) is 0 Å². The summed E-state index contributed by atoms with van der Waals surface area (Å²) in [6, 6.07) is 22.3. The third kappa shape index (κ3) is 2.19. The Bertz CT molecular complexity index is 894. The van der Waals surface area contributed by atoms with Crippen molar-refractivity contribution in [3.63, 3.8) is 0 Å². The van der Waals surface area contributed by atoms with Gasteiger partial charge in [0.2, 0.25) is 0 Å². The highest BCUT2D eigenvalue weighted by Gasteiger charge is 2.04. The van der Waals surface area contributed by atoms with E-state index in [1.165, 1.54) is 0 Å². The Morgan fingerprint density at radius 3 is 2.57 bits per heavy atom. The van der Waals surface area contributed by atoms with Crippen LogP contribution >= 0.6 is 0 Å². The molecule has 0 amide bonds. The highest BCUT2D eigenvalue weighted by atomic mass is 15.2. The predicted molar refractivity (Wildman–Crippen MR) is 81.4 cm³/mol. The van der Waals surface area contributed by atoms with Gasteiger partial charge in [0.25, 0.3) is 6.33 Å². The van der Waals surface area contributed by atoms with Gasteiger partial charge in [0.15, 0.2) is 5.82 Å². The third-order valence-corrected chi connectivity index (χ3v) is 3.45. The zero-order valence-electron chi connectivity index (χ0n) is 11.3. The fourth-order valence-corrected chi connectivity index (χ4v) is 2.37. The first-order chi connectivity index (χ1) is 10.4. The van der Waals surface area contributed by atoms with Gasteiger partial charge in [0.05, 0.1) is 11.2 Å². The van der Waals surface area contributed by atoms with Crippen molar-refractivity contribution in [2.24, 2.45) is 0 Å². The zero-order valence-corrected chi connectivity index (χ0v) is 11.3. The van der Waals surface area contributed by atoms with Crippen LogP contribution in [-0.4, -0.2) is 9.55 Å². The number of hydrogen-bond acceptors (Lipinski definition) is 1. The minimum Gasteiger partial charge on any atom is -0.299 e. The van der Waals surface area contributed by atoms with E-state index >= 15 is 0 Å². The maximum Gasteiger partial charge on any atom is 0.270 e. The van der Waals surface area contributed by atoms with Crippen molar-refractivity contribution >= 4 is 10.9 Å². The molecular formula is C18H13N3. The molecule has 3 heteroatoms. The molecule has 0 spiro atoms. The topological polar surface area (TPSA) is 21.7 Å². The van der Waals surface area contributed by atoms with E-state index in [2.05, 4.69) is 35.6 Å². The number of rotatable bonds is 2. The summed E-state index contributed by atoms with van der Waals surface area (Å²) in [5.41, 5.74) is 2.07. The van der Waals surface area contributed by atoms with E-state index in [9.17, 15) is 0 Å². The van der Waals surface area contributed by atoms with E-state index in [-0.39, 0.29) is 0 Å². The van der Waals surface area contributed by atoms with E-state index in [1.54, 1.807) is 0 Å². The Kier molecular flexibility index (Phi) is 2.75. The van der Waals surface area contributed by atoms with Crippen molar-refractivity contribution < 1.29 is 4.57 Å². The molecule has 0 aliphatic carbocycles. The molecular weight excluding hydrogens is 258 g/mol. The molecule has 100 valence electrons. The Hall–Kier alpha value is -2.94. The van der Waals surface area contributed by atoms with Crippen molar-refractivity contribution in [2.75, 3.05) is 0 Å². The number of para-hydroxylation sites is 2. The van der Waals surface area contributed by atoms with Crippen molar-refractivity contribution in [1.82, 2.24) is 9.55 Å². The maximum atomic E-state index is 4.67. The molecule has 4 aromatic rings. The molecule has 0 aliphatic rings. The molecule has 0 N–H and O–H groups in total. The maximum absolute atomic E-state index is 4.67. The van der Waals surface area contributed by atoms with Gasteiger partial charge >= 0.3 is 0 Å². The third-order valence-electron chi connectivity index (χ3n) is 3.45. The van der Waals surface area contributed by atoms with Gasteiger partial charge in [-0.1, -0.05) is 42.5 Å². The second-order valence-electron chi connectivity index (χ2n) is 4.84. The molecule has 0 fully saturated rings. The molecule has 0 saturated heterocycles. The fraction of sp³-hybridized carbons (Fsp3) is 0. The van der Waals surface area contributed by atoms with Crippen LogP contribution in [0.25, 0.3) is 22.4 Å². The Morgan fingerprint density at radius 2 is 1.67 bits per heavy atom. The summed E-state index contributed by atoms with van der Waals surface area (Å²) in [6.45, 7) is 0. The summed E-state index contributed by atoms with van der Waals surface area (Å²) in [5.74, 6) is 0.864. The fourth-order valence-electron chi connectivity index (χ4n) is 2.37. The smallest absolute Gasteiger partial charge is 0.270 e. The highest BCUT2D eigenvalue weighted by Crippen LogP contribution is 2.13. The molecule has 0 unspecified atom stereocenters. The van der Waals surface area contributed by atoms with Crippen LogP contribution in [0.3, 0.4) is 0 Å². The summed E-state index contributed by atoms with van der Waals surface area (Å²) < 4.78 is 3.86. The van der Waals surface area contributed by atoms with Gasteiger partial charge < -0.3 is 0 Å². The van der Waals surface area contributed by atoms with Gasteiger partial charge in [-0.2, -0.15) is 0 Å². The molecule has 0 radical (unpaired) electrons. The molecule has 2 aromatic carbocycles. The Labute approximate surface area is 122 Å². The van der Waals surface area contributed by atoms with Gasteiger partial charge in [-0.25, -0.2) is 4.98 Å². The number of benzene rings is 2. The molecule has 0 atom stereocenters. The van der Waals surface area contributed by atoms with E-state index < -0.39 is 0 Å². The SMILES string of the molecule is [c-]1n(-c2ccc3ccccc3n2)cc[n+]1-c1ccccc1. The second-order valence-corrected chi connectivity index (χ2v) is 4.84. The van der Waals surface area contributed by atoms with Crippen LogP contribution in [0.15, 0.2) is 79.1 Å². The lowest BCUT2D eigenvalue weighted by atomic mass is 10.2. The zero-order chi connectivity index (χ0) is 14.1. The van der Waals surface area contributed by atoms with Gasteiger partial charge in [0, 0.05) is 12.4 Å². The minimum atomic E-state index is 0.864. The van der Waals surface area contributed by atoms with E-state index in [4.69, 9.17) is 0 Å². The van der Waals surface area contributed by atoms with Crippen molar-refractivity contribution in [2.45, 2.75) is 0 Å². The van der Waals surface area contributed by atoms with Gasteiger partial charge in [-0.05, 0) is 29.7 Å². The lowest BCUT2D eigenvalue weighted by molar-refractivity contribution is -0.599. The normalized spacial score (nSPS) is 10.9. The van der Waals surface area contributed by atoms with Crippen LogP contribution < -0.4 is 4.57 Å². The molecule has 2 aromatic heterocycles. The van der Waals surface area contributed by atoms with Crippen molar-refractivity contribution in [3.05, 3.63) is 85.5 Å². The van der Waals surface area contributed by atoms with Crippen LogP contribution in [0.5, 0.6) is 0 Å². The van der Waals surface area contributed by atoms with Crippen molar-refractivity contribution in [1.29, 1.82) is 0 Å². The molecule has 4 rings (SSSR count). The Balaban J connectivity index is 1.77. The van der Waals surface area contributed by atoms with E-state index in [1.807, 2.05) is 64.0 Å². The summed E-state index contributed by atoms with van der Waals surface area (Å²) in [7, 11) is 0. The molecule has 21 heavy (non-hydrogen) atoms. The number of nitrogens with zero attached hydrogens (tertiary/aromatic N) is 3. The predicted octanol–water partition coefficient (Wildman–Crippen LogP) is 3.10. The molecule has 3 nitrogen and oxygen atoms in total. The summed E-state index contributed by atoms with van der Waals surface area (Å²) in [6.07, 6.45) is 7.22. The van der Waals surface area contributed by atoms with Gasteiger partial charge in [0.1, 0.15) is 0 Å². The molecule has 2 heterocycles. The number of fused-ring (bicyclic) bond motifs is 1. The van der Waals surface area contributed by atoms with Crippen LogP contribution in [0, 0.1) is 6.33 Å². The lowest BCUT2D eigenvalue weighted by Gasteiger charge is -2.03. The second kappa shape index (κ2) is 4.87. The van der Waals surface area contributed by atoms with E-state index in [0.29, 0.717) is 0 Å². The standard InChI is InChI=1S/C18H13N3/c1-2-7-16(8-3-1)20-12-13-21(14-20)18-11-10-15-6-4-5-9-17(15)19-18/h1-13H. The molecule has 0 bridgehead atoms. The first kappa shape index (κ1) is 11.9. The summed E-state index contributed by atoms with van der Waals surface area (Å²) in [5, 5.41) is 1.14. The Morgan fingerprint density at radius 1 is 0.857 bits per heavy atom. The monoisotopic (exact) mass is 271 g/mol. The largest absolute Gasteiger partial charge is 0.299 e. The van der Waals surface area contributed by atoms with E-state index in [0.717, 1.165) is 22.4 Å². The minimum absolute atomic E-state index is 0.864. The quantitative estimate of drug-likeness (QED) is 0.405. The summed E-state index contributed by atoms with van der Waals surface area (Å²) >= 11 is 0. The first-order valence-electron chi connectivity index (χ1n) is 6.84. The summed E-state index contributed by atoms with van der Waals surface area (Å²) in [4.78, 5) is 4.67. The van der Waals surface area contributed by atoms with Crippen LogP contribution in [0.1, 0.15) is 0 Å². The average molecular weight is 271 g/mol. The van der Waals surface area contributed by atoms with Crippen LogP contribution in [0.2, 0.25) is 0 Å². The first-order valence-corrected chi connectivity index (χ1v) is 6.84. The molecule has 0 aliphatic heterocycles. The lowest BCUT2D eigenvalue weighted by Crippen LogP contribution is -2.27. The molecule has 0 saturated carbocycles. The average Bonchev–Trinajstić information content (AvgIpc) is 3.05. The number of pyridine rings is 1. The number of aromatic nitrogens is 3. The number of hydrogen-bond donors (Lipinski definition) is 0. The van der Waals surface area contributed by atoms with Crippen molar-refractivity contribution in [3.8, 4) is 11.5 Å². The van der Waals surface area contributed by atoms with Gasteiger partial charge in [-0.3, -0.25) is 9.13 Å². The van der Waals surface area contributed by atoms with Gasteiger partial charge in [-0.15, -0.1) is 0 Å². The number of imidazole rings is 1. The highest BCUT2D eigenvalue weighted by molar-refractivity contribution is 5.79.